The molecule has 1 N–H and O–H groups in total. The van der Waals surface area contributed by atoms with E-state index in [-0.39, 0.29) is 10.6 Å². The lowest BCUT2D eigenvalue weighted by Gasteiger charge is -2.18. The van der Waals surface area contributed by atoms with E-state index >= 15 is 0 Å². The number of nitrogens with zero attached hydrogens (tertiary/aromatic N) is 1. The van der Waals surface area contributed by atoms with Crippen LogP contribution >= 0.6 is 0 Å². The van der Waals surface area contributed by atoms with Crippen LogP contribution in [0.2, 0.25) is 0 Å². The molecule has 0 heterocycles. The zero-order valence-electron chi connectivity index (χ0n) is 11.4. The van der Waals surface area contributed by atoms with Crippen LogP contribution in [0.5, 0.6) is 0 Å². The number of nitro benzene ring substituents is 1. The minimum atomic E-state index is -0.318. The van der Waals surface area contributed by atoms with E-state index in [1.165, 1.54) is 0 Å². The third-order valence-corrected chi connectivity index (χ3v) is 3.11. The topological polar surface area (TPSA) is 55.2 Å². The van der Waals surface area contributed by atoms with Crippen LogP contribution in [0.1, 0.15) is 45.1 Å². The van der Waals surface area contributed by atoms with Crippen molar-refractivity contribution in [2.45, 2.75) is 52.5 Å². The number of nitrogens with one attached hydrogen (secondary N) is 1. The minimum Gasteiger partial charge on any atom is -0.377 e. The lowest BCUT2D eigenvalue weighted by molar-refractivity contribution is -0.384. The summed E-state index contributed by atoms with van der Waals surface area (Å²) in [6.07, 6.45) is 4.32. The van der Waals surface area contributed by atoms with Gasteiger partial charge in [0.1, 0.15) is 5.69 Å². The molecule has 4 nitrogen and oxygen atoms in total. The summed E-state index contributed by atoms with van der Waals surface area (Å²) >= 11 is 0. The standard InChI is InChI=1S/C14H22N2O2/c1-4-6-7-12(5-2)15-13-9-8-11(3)10-14(13)16(17)18/h8-10,12,15H,4-7H2,1-3H3. The molecule has 0 amide bonds. The Morgan fingerprint density at radius 3 is 2.67 bits per heavy atom. The number of aryl methyl sites for hydroxylation is 1. The van der Waals surface area contributed by atoms with Gasteiger partial charge in [0.2, 0.25) is 0 Å². The van der Waals surface area contributed by atoms with Gasteiger partial charge < -0.3 is 5.32 Å². The van der Waals surface area contributed by atoms with Crippen molar-refractivity contribution in [3.63, 3.8) is 0 Å². The molecular formula is C14H22N2O2. The quantitative estimate of drug-likeness (QED) is 0.580. The summed E-state index contributed by atoms with van der Waals surface area (Å²) < 4.78 is 0. The smallest absolute Gasteiger partial charge is 0.292 e. The maximum Gasteiger partial charge on any atom is 0.292 e. The number of benzene rings is 1. The molecule has 0 aromatic heterocycles. The highest BCUT2D eigenvalue weighted by atomic mass is 16.6. The number of nitro groups is 1. The van der Waals surface area contributed by atoms with E-state index in [0.717, 1.165) is 31.2 Å². The number of anilines is 1. The summed E-state index contributed by atoms with van der Waals surface area (Å²) in [4.78, 5) is 10.7. The molecule has 1 unspecified atom stereocenters. The third kappa shape index (κ3) is 4.02. The summed E-state index contributed by atoms with van der Waals surface area (Å²) in [5, 5.41) is 14.3. The third-order valence-electron chi connectivity index (χ3n) is 3.11. The van der Waals surface area contributed by atoms with E-state index in [0.29, 0.717) is 11.7 Å². The van der Waals surface area contributed by atoms with Gasteiger partial charge in [-0.05, 0) is 31.4 Å². The van der Waals surface area contributed by atoms with Crippen molar-refractivity contribution in [3.8, 4) is 0 Å². The van der Waals surface area contributed by atoms with Gasteiger partial charge >= 0.3 is 0 Å². The molecule has 1 rings (SSSR count). The molecule has 18 heavy (non-hydrogen) atoms. The Hall–Kier alpha value is -1.58. The first-order valence-electron chi connectivity index (χ1n) is 6.60. The molecule has 0 aliphatic carbocycles. The van der Waals surface area contributed by atoms with Crippen LogP contribution in [0.25, 0.3) is 0 Å². The second-order valence-electron chi connectivity index (χ2n) is 4.67. The van der Waals surface area contributed by atoms with Gasteiger partial charge in [-0.1, -0.05) is 32.8 Å². The number of unbranched alkanes of at least 4 members (excludes halogenated alkanes) is 1. The number of hydrogen-bond donors (Lipinski definition) is 1. The molecule has 4 heteroatoms. The Morgan fingerprint density at radius 2 is 2.11 bits per heavy atom. The summed E-state index contributed by atoms with van der Waals surface area (Å²) in [6.45, 7) is 6.12. The molecule has 0 saturated heterocycles. The van der Waals surface area contributed by atoms with Crippen LogP contribution in [0.15, 0.2) is 18.2 Å². The van der Waals surface area contributed by atoms with Gasteiger partial charge in [-0.25, -0.2) is 0 Å². The van der Waals surface area contributed by atoms with Gasteiger partial charge in [0, 0.05) is 12.1 Å². The molecule has 100 valence electrons. The highest BCUT2D eigenvalue weighted by Gasteiger charge is 2.16. The fourth-order valence-electron chi connectivity index (χ4n) is 1.96. The Labute approximate surface area is 109 Å². The Balaban J connectivity index is 2.84. The maximum atomic E-state index is 11.0. The molecular weight excluding hydrogens is 228 g/mol. The van der Waals surface area contributed by atoms with Crippen LogP contribution in [-0.4, -0.2) is 11.0 Å². The van der Waals surface area contributed by atoms with Gasteiger partial charge in [-0.2, -0.15) is 0 Å². The first-order chi connectivity index (χ1) is 8.58. The van der Waals surface area contributed by atoms with Gasteiger partial charge in [0.15, 0.2) is 0 Å². The van der Waals surface area contributed by atoms with E-state index in [2.05, 4.69) is 19.2 Å². The van der Waals surface area contributed by atoms with Crippen molar-refractivity contribution < 1.29 is 4.92 Å². The lowest BCUT2D eigenvalue weighted by atomic mass is 10.1. The van der Waals surface area contributed by atoms with Crippen LogP contribution in [0.4, 0.5) is 11.4 Å². The van der Waals surface area contributed by atoms with E-state index in [4.69, 9.17) is 0 Å². The van der Waals surface area contributed by atoms with E-state index < -0.39 is 0 Å². The molecule has 0 saturated carbocycles. The fraction of sp³-hybridized carbons (Fsp3) is 0.571. The highest BCUT2D eigenvalue weighted by molar-refractivity contribution is 5.62. The lowest BCUT2D eigenvalue weighted by Crippen LogP contribution is -2.19. The zero-order chi connectivity index (χ0) is 13.5. The van der Waals surface area contributed by atoms with E-state index in [1.54, 1.807) is 6.07 Å². The van der Waals surface area contributed by atoms with Crippen LogP contribution in [0, 0.1) is 17.0 Å². The summed E-state index contributed by atoms with van der Waals surface area (Å²) in [7, 11) is 0. The molecule has 1 aromatic rings. The van der Waals surface area contributed by atoms with Gasteiger partial charge in [0.05, 0.1) is 4.92 Å². The maximum absolute atomic E-state index is 11.0. The van der Waals surface area contributed by atoms with E-state index in [9.17, 15) is 10.1 Å². The van der Waals surface area contributed by atoms with Crippen LogP contribution in [0.3, 0.4) is 0 Å². The largest absolute Gasteiger partial charge is 0.377 e. The second kappa shape index (κ2) is 6.99. The van der Waals surface area contributed by atoms with Crippen LogP contribution < -0.4 is 5.32 Å². The first kappa shape index (κ1) is 14.5. The van der Waals surface area contributed by atoms with Gasteiger partial charge in [0.25, 0.3) is 5.69 Å². The van der Waals surface area contributed by atoms with Gasteiger partial charge in [-0.15, -0.1) is 0 Å². The first-order valence-corrected chi connectivity index (χ1v) is 6.60. The molecule has 0 bridgehead atoms. The molecule has 1 aromatic carbocycles. The predicted octanol–water partition coefficient (Wildman–Crippen LogP) is 4.28. The molecule has 0 spiro atoms. The Morgan fingerprint density at radius 1 is 1.39 bits per heavy atom. The average molecular weight is 250 g/mol. The van der Waals surface area contributed by atoms with Crippen molar-refractivity contribution in [1.29, 1.82) is 0 Å². The SMILES string of the molecule is CCCCC(CC)Nc1ccc(C)cc1[N+](=O)[O-]. The van der Waals surface area contributed by atoms with Crippen molar-refractivity contribution in [2.24, 2.45) is 0 Å². The van der Waals surface area contributed by atoms with Gasteiger partial charge in [-0.3, -0.25) is 10.1 Å². The Kier molecular flexibility index (Phi) is 5.62. The summed E-state index contributed by atoms with van der Waals surface area (Å²) in [6, 6.07) is 5.64. The Bertz CT molecular complexity index is 405. The number of hydrogen-bond acceptors (Lipinski definition) is 3. The van der Waals surface area contributed by atoms with Crippen molar-refractivity contribution in [3.05, 3.63) is 33.9 Å². The summed E-state index contributed by atoms with van der Waals surface area (Å²) in [5.41, 5.74) is 1.72. The average Bonchev–Trinajstić information content (AvgIpc) is 2.35. The fourth-order valence-corrected chi connectivity index (χ4v) is 1.96. The predicted molar refractivity (Wildman–Crippen MR) is 75.1 cm³/mol. The monoisotopic (exact) mass is 250 g/mol. The molecule has 0 radical (unpaired) electrons. The molecule has 1 atom stereocenters. The minimum absolute atomic E-state index is 0.171. The van der Waals surface area contributed by atoms with E-state index in [1.807, 2.05) is 19.1 Å². The molecule has 0 aliphatic rings. The summed E-state index contributed by atoms with van der Waals surface area (Å²) in [5.74, 6) is 0. The van der Waals surface area contributed by atoms with Crippen molar-refractivity contribution in [2.75, 3.05) is 5.32 Å². The zero-order valence-corrected chi connectivity index (χ0v) is 11.4. The number of rotatable bonds is 7. The normalized spacial score (nSPS) is 12.2. The van der Waals surface area contributed by atoms with Crippen molar-refractivity contribution >= 4 is 11.4 Å². The second-order valence-corrected chi connectivity index (χ2v) is 4.67. The van der Waals surface area contributed by atoms with Crippen LogP contribution in [-0.2, 0) is 0 Å². The molecule has 0 fully saturated rings. The molecule has 0 aliphatic heterocycles. The highest BCUT2D eigenvalue weighted by Crippen LogP contribution is 2.27. The van der Waals surface area contributed by atoms with Crippen molar-refractivity contribution in [1.82, 2.24) is 0 Å².